The number of aromatic nitrogens is 4. The molecule has 0 aliphatic heterocycles. The molecule has 0 saturated heterocycles. The third-order valence-electron chi connectivity index (χ3n) is 4.66. The van der Waals surface area contributed by atoms with Crippen molar-refractivity contribution in [3.63, 3.8) is 0 Å². The third-order valence-corrected chi connectivity index (χ3v) is 5.01. The standard InChI is InChI=1S/C18H18ClFN6O3/c1-9-15(21-18(27)16-17(26(28)29)11(3)24(4)23-16)10(2)25(22-9)8-12-5-6-13(20)7-14(12)19/h5-7H,8H2,1-4H3,(H,21,27). The highest BCUT2D eigenvalue weighted by Gasteiger charge is 2.30. The molecule has 2 heterocycles. The summed E-state index contributed by atoms with van der Waals surface area (Å²) in [6.07, 6.45) is 0. The first kappa shape index (κ1) is 20.5. The van der Waals surface area contributed by atoms with Gasteiger partial charge in [0, 0.05) is 12.1 Å². The number of halogens is 2. The molecule has 9 nitrogen and oxygen atoms in total. The van der Waals surface area contributed by atoms with Crippen LogP contribution in [0.15, 0.2) is 18.2 Å². The maximum atomic E-state index is 13.2. The Morgan fingerprint density at radius 2 is 1.97 bits per heavy atom. The van der Waals surface area contributed by atoms with Crippen LogP contribution in [0, 0.1) is 36.7 Å². The molecule has 0 aliphatic carbocycles. The minimum absolute atomic E-state index is 0.266. The van der Waals surface area contributed by atoms with Crippen LogP contribution in [-0.4, -0.2) is 30.4 Å². The number of amides is 1. The minimum atomic E-state index is -0.703. The Bertz CT molecular complexity index is 1140. The summed E-state index contributed by atoms with van der Waals surface area (Å²) in [5, 5.41) is 22.6. The van der Waals surface area contributed by atoms with Crippen LogP contribution in [0.5, 0.6) is 0 Å². The van der Waals surface area contributed by atoms with Crippen molar-refractivity contribution in [1.29, 1.82) is 0 Å². The molecule has 0 radical (unpaired) electrons. The van der Waals surface area contributed by atoms with E-state index in [1.54, 1.807) is 24.6 Å². The van der Waals surface area contributed by atoms with Gasteiger partial charge in [0.05, 0.1) is 28.5 Å². The number of hydrogen-bond donors (Lipinski definition) is 1. The fourth-order valence-electron chi connectivity index (χ4n) is 2.98. The van der Waals surface area contributed by atoms with Gasteiger partial charge in [-0.25, -0.2) is 4.39 Å². The van der Waals surface area contributed by atoms with Gasteiger partial charge in [-0.15, -0.1) is 0 Å². The molecule has 3 aromatic rings. The first-order chi connectivity index (χ1) is 13.6. The maximum absolute atomic E-state index is 13.2. The molecule has 29 heavy (non-hydrogen) atoms. The Balaban J connectivity index is 1.90. The molecule has 1 aromatic carbocycles. The highest BCUT2D eigenvalue weighted by molar-refractivity contribution is 6.31. The van der Waals surface area contributed by atoms with Crippen LogP contribution in [0.4, 0.5) is 15.8 Å². The number of nitro groups is 1. The van der Waals surface area contributed by atoms with E-state index in [1.165, 1.54) is 30.8 Å². The summed E-state index contributed by atoms with van der Waals surface area (Å²) in [7, 11) is 1.53. The molecule has 11 heteroatoms. The van der Waals surface area contributed by atoms with E-state index in [4.69, 9.17) is 11.6 Å². The van der Waals surface area contributed by atoms with Gasteiger partial charge in [-0.2, -0.15) is 10.2 Å². The predicted octanol–water partition coefficient (Wildman–Crippen LogP) is 3.54. The molecule has 1 N–H and O–H groups in total. The summed E-state index contributed by atoms with van der Waals surface area (Å²) in [6.45, 7) is 5.22. The van der Waals surface area contributed by atoms with Crippen molar-refractivity contribution in [1.82, 2.24) is 19.6 Å². The quantitative estimate of drug-likeness (QED) is 0.501. The molecule has 0 aliphatic rings. The minimum Gasteiger partial charge on any atom is -0.317 e. The molecule has 0 saturated carbocycles. The summed E-state index contributed by atoms with van der Waals surface area (Å²) >= 11 is 6.08. The van der Waals surface area contributed by atoms with Crippen LogP contribution in [0.1, 0.15) is 33.1 Å². The number of anilines is 1. The van der Waals surface area contributed by atoms with E-state index in [1.807, 2.05) is 0 Å². The smallest absolute Gasteiger partial charge is 0.317 e. The van der Waals surface area contributed by atoms with Gasteiger partial charge in [-0.05, 0) is 38.5 Å². The lowest BCUT2D eigenvalue weighted by molar-refractivity contribution is -0.385. The molecule has 0 unspecified atom stereocenters. The van der Waals surface area contributed by atoms with Gasteiger partial charge in [0.1, 0.15) is 11.5 Å². The summed E-state index contributed by atoms with van der Waals surface area (Å²) in [4.78, 5) is 23.4. The number of rotatable bonds is 5. The second-order valence-electron chi connectivity index (χ2n) is 6.56. The first-order valence-electron chi connectivity index (χ1n) is 8.57. The lowest BCUT2D eigenvalue weighted by Crippen LogP contribution is -2.16. The van der Waals surface area contributed by atoms with Crippen LogP contribution in [0.2, 0.25) is 5.02 Å². The Kier molecular flexibility index (Phi) is 5.38. The molecule has 0 atom stereocenters. The monoisotopic (exact) mass is 420 g/mol. The van der Waals surface area contributed by atoms with Gasteiger partial charge in [0.25, 0.3) is 5.91 Å². The predicted molar refractivity (Wildman–Crippen MR) is 105 cm³/mol. The summed E-state index contributed by atoms with van der Waals surface area (Å²) in [6, 6.07) is 4.08. The molecule has 0 fully saturated rings. The summed E-state index contributed by atoms with van der Waals surface area (Å²) in [5.41, 5.74) is 1.87. The zero-order valence-electron chi connectivity index (χ0n) is 16.2. The van der Waals surface area contributed by atoms with E-state index in [0.29, 0.717) is 22.6 Å². The van der Waals surface area contributed by atoms with Crippen molar-refractivity contribution in [3.8, 4) is 0 Å². The summed E-state index contributed by atoms with van der Waals surface area (Å²) < 4.78 is 16.1. The van der Waals surface area contributed by atoms with Gasteiger partial charge >= 0.3 is 5.69 Å². The Morgan fingerprint density at radius 1 is 1.28 bits per heavy atom. The van der Waals surface area contributed by atoms with Crippen LogP contribution >= 0.6 is 11.6 Å². The fraction of sp³-hybridized carbons (Fsp3) is 0.278. The van der Waals surface area contributed by atoms with E-state index < -0.39 is 16.6 Å². The SMILES string of the molecule is Cc1nn(Cc2ccc(F)cc2Cl)c(C)c1NC(=O)c1nn(C)c(C)c1[N+](=O)[O-]. The number of aryl methyl sites for hydroxylation is 2. The Morgan fingerprint density at radius 3 is 2.59 bits per heavy atom. The number of nitrogens with zero attached hydrogens (tertiary/aromatic N) is 5. The second kappa shape index (κ2) is 7.63. The number of benzene rings is 1. The average molecular weight is 421 g/mol. The zero-order valence-corrected chi connectivity index (χ0v) is 16.9. The number of nitrogens with one attached hydrogen (secondary N) is 1. The van der Waals surface area contributed by atoms with Crippen LogP contribution < -0.4 is 5.32 Å². The van der Waals surface area contributed by atoms with Crippen LogP contribution in [-0.2, 0) is 13.6 Å². The largest absolute Gasteiger partial charge is 0.322 e. The van der Waals surface area contributed by atoms with E-state index in [2.05, 4.69) is 15.5 Å². The number of carbonyl (C=O) groups is 1. The van der Waals surface area contributed by atoms with Crippen molar-refractivity contribution < 1.29 is 14.1 Å². The van der Waals surface area contributed by atoms with E-state index in [9.17, 15) is 19.3 Å². The molecule has 1 amide bonds. The van der Waals surface area contributed by atoms with Gasteiger partial charge in [-0.1, -0.05) is 17.7 Å². The molecular formula is C18H18ClFN6O3. The van der Waals surface area contributed by atoms with E-state index >= 15 is 0 Å². The first-order valence-corrected chi connectivity index (χ1v) is 8.95. The third kappa shape index (κ3) is 3.83. The topological polar surface area (TPSA) is 108 Å². The van der Waals surface area contributed by atoms with Crippen LogP contribution in [0.25, 0.3) is 0 Å². The van der Waals surface area contributed by atoms with E-state index in [0.717, 1.165) is 0 Å². The normalized spacial score (nSPS) is 11.0. The van der Waals surface area contributed by atoms with Crippen molar-refractivity contribution in [2.24, 2.45) is 7.05 Å². The maximum Gasteiger partial charge on any atom is 0.322 e. The molecule has 2 aromatic heterocycles. The number of hydrogen-bond acceptors (Lipinski definition) is 5. The second-order valence-corrected chi connectivity index (χ2v) is 6.96. The Hall–Kier alpha value is -3.27. The molecule has 3 rings (SSSR count). The van der Waals surface area contributed by atoms with Gasteiger partial charge in [0.2, 0.25) is 5.69 Å². The van der Waals surface area contributed by atoms with Crippen molar-refractivity contribution >= 4 is 28.9 Å². The highest BCUT2D eigenvalue weighted by Crippen LogP contribution is 2.26. The highest BCUT2D eigenvalue weighted by atomic mass is 35.5. The van der Waals surface area contributed by atoms with Gasteiger partial charge in [-0.3, -0.25) is 24.3 Å². The molecule has 152 valence electrons. The fourth-order valence-corrected chi connectivity index (χ4v) is 3.21. The van der Waals surface area contributed by atoms with Crippen molar-refractivity contribution in [2.45, 2.75) is 27.3 Å². The lowest BCUT2D eigenvalue weighted by atomic mass is 10.2. The number of carbonyl (C=O) groups excluding carboxylic acids is 1. The van der Waals surface area contributed by atoms with Gasteiger partial charge < -0.3 is 5.32 Å². The zero-order chi connectivity index (χ0) is 21.5. The van der Waals surface area contributed by atoms with Gasteiger partial charge in [0.15, 0.2) is 0 Å². The lowest BCUT2D eigenvalue weighted by Gasteiger charge is -2.08. The molecular weight excluding hydrogens is 403 g/mol. The summed E-state index contributed by atoms with van der Waals surface area (Å²) in [5.74, 6) is -1.14. The molecule has 0 spiro atoms. The Labute approximate surface area is 170 Å². The van der Waals surface area contributed by atoms with Crippen LogP contribution in [0.3, 0.4) is 0 Å². The average Bonchev–Trinajstić information content (AvgIpc) is 3.08. The molecule has 0 bridgehead atoms. The van der Waals surface area contributed by atoms with Crippen molar-refractivity contribution in [3.05, 3.63) is 67.5 Å². The van der Waals surface area contributed by atoms with Crippen molar-refractivity contribution in [2.75, 3.05) is 5.32 Å². The van der Waals surface area contributed by atoms with E-state index in [-0.39, 0.29) is 28.6 Å².